The number of nitrogens with one attached hydrogen (secondary N) is 2. The summed E-state index contributed by atoms with van der Waals surface area (Å²) in [5.74, 6) is 0.590. The minimum atomic E-state index is -0.197. The number of thioether (sulfide) groups is 1. The SMILES string of the molecule is CNc1cc(C(C)(C)C)cc(NC(=O)CN)c1SCCN. The lowest BCUT2D eigenvalue weighted by atomic mass is 9.86. The molecule has 0 unspecified atom stereocenters. The lowest BCUT2D eigenvalue weighted by molar-refractivity contribution is -0.114. The molecular weight excluding hydrogens is 284 g/mol. The normalized spacial score (nSPS) is 11.3. The van der Waals surface area contributed by atoms with Gasteiger partial charge in [-0.3, -0.25) is 4.79 Å². The number of nitrogens with two attached hydrogens (primary N) is 2. The summed E-state index contributed by atoms with van der Waals surface area (Å²) in [5.41, 5.74) is 13.9. The lowest BCUT2D eigenvalue weighted by Gasteiger charge is -2.24. The van der Waals surface area contributed by atoms with Crippen molar-refractivity contribution in [2.45, 2.75) is 31.1 Å². The molecule has 0 aliphatic rings. The third-order valence-electron chi connectivity index (χ3n) is 3.05. The van der Waals surface area contributed by atoms with Crippen molar-refractivity contribution >= 4 is 29.0 Å². The van der Waals surface area contributed by atoms with E-state index in [9.17, 15) is 4.79 Å². The molecule has 1 aromatic rings. The fourth-order valence-corrected chi connectivity index (χ4v) is 2.76. The van der Waals surface area contributed by atoms with Crippen LogP contribution in [0.5, 0.6) is 0 Å². The topological polar surface area (TPSA) is 93.2 Å². The smallest absolute Gasteiger partial charge is 0.238 e. The maximum atomic E-state index is 11.7. The number of benzene rings is 1. The number of anilines is 2. The van der Waals surface area contributed by atoms with Crippen LogP contribution >= 0.6 is 11.8 Å². The summed E-state index contributed by atoms with van der Waals surface area (Å²) in [6.45, 7) is 6.98. The highest BCUT2D eigenvalue weighted by molar-refractivity contribution is 7.99. The van der Waals surface area contributed by atoms with Crippen LogP contribution < -0.4 is 22.1 Å². The van der Waals surface area contributed by atoms with Crippen LogP contribution in [0.4, 0.5) is 11.4 Å². The zero-order chi connectivity index (χ0) is 16.0. The standard InChI is InChI=1S/C15H26N4OS/c1-15(2,3)10-7-11(18-4)14(21-6-5-16)12(8-10)19-13(20)9-17/h7-8,18H,5-6,9,16-17H2,1-4H3,(H,19,20). The van der Waals surface area contributed by atoms with Gasteiger partial charge in [0.1, 0.15) is 0 Å². The Balaban J connectivity index is 3.33. The third-order valence-corrected chi connectivity index (χ3v) is 4.22. The Hall–Kier alpha value is -1.24. The quantitative estimate of drug-likeness (QED) is 0.603. The number of rotatable bonds is 6. The van der Waals surface area contributed by atoms with E-state index in [4.69, 9.17) is 11.5 Å². The summed E-state index contributed by atoms with van der Waals surface area (Å²) in [4.78, 5) is 12.7. The van der Waals surface area contributed by atoms with Crippen LogP contribution in [0.15, 0.2) is 17.0 Å². The predicted octanol–water partition coefficient (Wildman–Crippen LogP) is 1.97. The van der Waals surface area contributed by atoms with Crippen LogP contribution in [0.2, 0.25) is 0 Å². The highest BCUT2D eigenvalue weighted by Gasteiger charge is 2.19. The zero-order valence-electron chi connectivity index (χ0n) is 13.2. The molecule has 0 saturated heterocycles. The molecule has 0 aromatic heterocycles. The second kappa shape index (κ2) is 7.68. The van der Waals surface area contributed by atoms with Crippen molar-refractivity contribution in [2.75, 3.05) is 36.5 Å². The maximum Gasteiger partial charge on any atom is 0.238 e. The van der Waals surface area contributed by atoms with Crippen molar-refractivity contribution in [2.24, 2.45) is 11.5 Å². The Morgan fingerprint density at radius 1 is 1.24 bits per heavy atom. The second-order valence-electron chi connectivity index (χ2n) is 5.79. The van der Waals surface area contributed by atoms with Crippen molar-refractivity contribution in [3.63, 3.8) is 0 Å². The average molecular weight is 310 g/mol. The van der Waals surface area contributed by atoms with Crippen molar-refractivity contribution in [1.82, 2.24) is 0 Å². The molecule has 0 radical (unpaired) electrons. The van der Waals surface area contributed by atoms with Crippen LogP contribution in [0, 0.1) is 0 Å². The summed E-state index contributed by atoms with van der Waals surface area (Å²) in [5, 5.41) is 6.10. The summed E-state index contributed by atoms with van der Waals surface area (Å²) in [7, 11) is 1.88. The number of carbonyl (C=O) groups excluding carboxylic acids is 1. The predicted molar refractivity (Wildman–Crippen MR) is 92.2 cm³/mol. The molecule has 1 rings (SSSR count). The number of hydrogen-bond donors (Lipinski definition) is 4. The second-order valence-corrected chi connectivity index (χ2v) is 6.90. The van der Waals surface area contributed by atoms with E-state index < -0.39 is 0 Å². The summed E-state index contributed by atoms with van der Waals surface area (Å²) >= 11 is 1.63. The van der Waals surface area contributed by atoms with Crippen molar-refractivity contribution in [1.29, 1.82) is 0 Å². The zero-order valence-corrected chi connectivity index (χ0v) is 14.1. The van der Waals surface area contributed by atoms with Gasteiger partial charge < -0.3 is 22.1 Å². The lowest BCUT2D eigenvalue weighted by Crippen LogP contribution is -2.23. The molecular formula is C15H26N4OS. The number of amides is 1. The number of hydrogen-bond acceptors (Lipinski definition) is 5. The first kappa shape index (κ1) is 17.8. The van der Waals surface area contributed by atoms with Crippen molar-refractivity contribution in [3.8, 4) is 0 Å². The van der Waals surface area contributed by atoms with Gasteiger partial charge in [0, 0.05) is 25.0 Å². The molecule has 1 aromatic carbocycles. The monoisotopic (exact) mass is 310 g/mol. The Morgan fingerprint density at radius 2 is 1.86 bits per heavy atom. The van der Waals surface area contributed by atoms with Crippen LogP contribution in [-0.4, -0.2) is 31.8 Å². The molecule has 0 aliphatic heterocycles. The minimum absolute atomic E-state index is 0.00907. The van der Waals surface area contributed by atoms with Crippen LogP contribution in [0.3, 0.4) is 0 Å². The van der Waals surface area contributed by atoms with E-state index in [2.05, 4.69) is 37.5 Å². The van der Waals surface area contributed by atoms with E-state index in [0.29, 0.717) is 6.54 Å². The highest BCUT2D eigenvalue weighted by atomic mass is 32.2. The van der Waals surface area contributed by atoms with E-state index in [1.165, 1.54) is 0 Å². The third kappa shape index (κ3) is 4.91. The fraction of sp³-hybridized carbons (Fsp3) is 0.533. The molecule has 118 valence electrons. The van der Waals surface area contributed by atoms with Gasteiger partial charge in [-0.2, -0.15) is 0 Å². The molecule has 0 heterocycles. The van der Waals surface area contributed by atoms with E-state index in [1.807, 2.05) is 13.1 Å². The average Bonchev–Trinajstić information content (AvgIpc) is 2.43. The van der Waals surface area contributed by atoms with Gasteiger partial charge in [0.25, 0.3) is 0 Å². The van der Waals surface area contributed by atoms with Crippen LogP contribution in [0.1, 0.15) is 26.3 Å². The molecule has 1 amide bonds. The Kier molecular flexibility index (Phi) is 6.51. The first-order chi connectivity index (χ1) is 9.83. The fourth-order valence-electron chi connectivity index (χ4n) is 1.86. The van der Waals surface area contributed by atoms with Gasteiger partial charge >= 0.3 is 0 Å². The molecule has 0 atom stereocenters. The highest BCUT2D eigenvalue weighted by Crippen LogP contribution is 2.38. The molecule has 0 bridgehead atoms. The molecule has 0 saturated carbocycles. The Morgan fingerprint density at radius 3 is 2.33 bits per heavy atom. The van der Waals surface area contributed by atoms with Gasteiger partial charge in [0.15, 0.2) is 0 Å². The van der Waals surface area contributed by atoms with E-state index >= 15 is 0 Å². The molecule has 6 heteroatoms. The van der Waals surface area contributed by atoms with Crippen molar-refractivity contribution in [3.05, 3.63) is 17.7 Å². The first-order valence-electron chi connectivity index (χ1n) is 7.02. The van der Waals surface area contributed by atoms with Gasteiger partial charge in [-0.15, -0.1) is 11.8 Å². The minimum Gasteiger partial charge on any atom is -0.387 e. The van der Waals surface area contributed by atoms with E-state index in [0.717, 1.165) is 27.6 Å². The first-order valence-corrected chi connectivity index (χ1v) is 8.01. The summed E-state index contributed by atoms with van der Waals surface area (Å²) < 4.78 is 0. The van der Waals surface area contributed by atoms with Gasteiger partial charge in [0.05, 0.1) is 17.1 Å². The largest absolute Gasteiger partial charge is 0.387 e. The van der Waals surface area contributed by atoms with Gasteiger partial charge in [-0.05, 0) is 23.1 Å². The van der Waals surface area contributed by atoms with Gasteiger partial charge in [-0.25, -0.2) is 0 Å². The Labute approximate surface area is 131 Å². The molecule has 21 heavy (non-hydrogen) atoms. The molecule has 0 fully saturated rings. The van der Waals surface area contributed by atoms with Crippen LogP contribution in [-0.2, 0) is 10.2 Å². The summed E-state index contributed by atoms with van der Waals surface area (Å²) in [6, 6.07) is 4.14. The van der Waals surface area contributed by atoms with E-state index in [1.54, 1.807) is 11.8 Å². The van der Waals surface area contributed by atoms with Gasteiger partial charge in [-0.1, -0.05) is 20.8 Å². The molecule has 5 nitrogen and oxygen atoms in total. The van der Waals surface area contributed by atoms with Crippen molar-refractivity contribution < 1.29 is 4.79 Å². The molecule has 6 N–H and O–H groups in total. The maximum absolute atomic E-state index is 11.7. The molecule has 0 spiro atoms. The van der Waals surface area contributed by atoms with E-state index in [-0.39, 0.29) is 17.9 Å². The summed E-state index contributed by atoms with van der Waals surface area (Å²) in [6.07, 6.45) is 0. The van der Waals surface area contributed by atoms with Crippen LogP contribution in [0.25, 0.3) is 0 Å². The molecule has 0 aliphatic carbocycles. The van der Waals surface area contributed by atoms with Gasteiger partial charge in [0.2, 0.25) is 5.91 Å². The number of carbonyl (C=O) groups is 1. The Bertz CT molecular complexity index is 497.